The fraction of sp³-hybridized carbons (Fsp3) is 0.190. The highest BCUT2D eigenvalue weighted by Gasteiger charge is 2.29. The number of rotatable bonds is 6. The number of pyridine rings is 1. The first kappa shape index (κ1) is 17.0. The van der Waals surface area contributed by atoms with Crippen molar-refractivity contribution in [3.8, 4) is 5.75 Å². The molecule has 3 aromatic rings. The molecule has 0 bridgehead atoms. The highest BCUT2D eigenvalue weighted by atomic mass is 16.5. The van der Waals surface area contributed by atoms with E-state index in [-0.39, 0.29) is 24.3 Å². The monoisotopic (exact) mass is 361 g/mol. The Labute approximate surface area is 156 Å². The fourth-order valence-corrected chi connectivity index (χ4v) is 3.28. The Morgan fingerprint density at radius 1 is 1.11 bits per heavy atom. The molecule has 0 aliphatic carbocycles. The number of fused-ring (bicyclic) bond motifs is 2. The second-order valence-electron chi connectivity index (χ2n) is 6.35. The van der Waals surface area contributed by atoms with Crippen LogP contribution in [0.2, 0.25) is 0 Å². The molecule has 6 heteroatoms. The summed E-state index contributed by atoms with van der Waals surface area (Å²) in [5, 5.41) is 6.69. The van der Waals surface area contributed by atoms with E-state index in [4.69, 9.17) is 4.74 Å². The number of para-hydroxylation sites is 1. The Morgan fingerprint density at radius 2 is 1.96 bits per heavy atom. The number of hydrogen-bond donors (Lipinski definition) is 2. The van der Waals surface area contributed by atoms with Crippen LogP contribution in [0.1, 0.15) is 28.4 Å². The maximum atomic E-state index is 12.2. The molecule has 2 heterocycles. The van der Waals surface area contributed by atoms with Crippen molar-refractivity contribution in [1.29, 1.82) is 0 Å². The van der Waals surface area contributed by atoms with Crippen molar-refractivity contribution in [2.75, 3.05) is 13.2 Å². The van der Waals surface area contributed by atoms with E-state index in [0.717, 1.165) is 16.5 Å². The molecular weight excluding hydrogens is 342 g/mol. The molecule has 27 heavy (non-hydrogen) atoms. The lowest BCUT2D eigenvalue weighted by Gasteiger charge is -2.13. The van der Waals surface area contributed by atoms with Gasteiger partial charge in [0.15, 0.2) is 0 Å². The summed E-state index contributed by atoms with van der Waals surface area (Å²) in [6, 6.07) is 16.7. The van der Waals surface area contributed by atoms with Crippen molar-refractivity contribution in [3.05, 3.63) is 71.9 Å². The van der Waals surface area contributed by atoms with Crippen LogP contribution in [0.5, 0.6) is 5.75 Å². The molecule has 1 aromatic heterocycles. The molecule has 0 saturated carbocycles. The van der Waals surface area contributed by atoms with E-state index in [1.165, 1.54) is 0 Å². The Hall–Kier alpha value is -3.41. The van der Waals surface area contributed by atoms with E-state index in [0.29, 0.717) is 24.5 Å². The minimum absolute atomic E-state index is 0.128. The lowest BCUT2D eigenvalue weighted by atomic mass is 10.0. The number of amides is 2. The van der Waals surface area contributed by atoms with Crippen molar-refractivity contribution >= 4 is 22.7 Å². The Morgan fingerprint density at radius 3 is 2.89 bits per heavy atom. The van der Waals surface area contributed by atoms with Gasteiger partial charge in [0.2, 0.25) is 5.91 Å². The van der Waals surface area contributed by atoms with Gasteiger partial charge in [-0.15, -0.1) is 0 Å². The molecule has 2 N–H and O–H groups in total. The number of nitrogens with one attached hydrogen (secondary N) is 2. The van der Waals surface area contributed by atoms with Crippen LogP contribution < -0.4 is 15.4 Å². The van der Waals surface area contributed by atoms with Crippen LogP contribution in [0.3, 0.4) is 0 Å². The number of ether oxygens (including phenoxy) is 1. The van der Waals surface area contributed by atoms with Crippen molar-refractivity contribution in [2.24, 2.45) is 0 Å². The van der Waals surface area contributed by atoms with Crippen LogP contribution in [0.25, 0.3) is 10.9 Å². The molecular formula is C21H19N3O3. The standard InChI is InChI=1S/C21H19N3O3/c25-19(13-17-15-7-1-2-8-16(15)21(26)24-17)22-11-12-27-18-9-3-5-14-6-4-10-23-20(14)18/h1-10,17H,11-13H2,(H,22,25)(H,24,26). The van der Waals surface area contributed by atoms with E-state index in [2.05, 4.69) is 15.6 Å². The third-order valence-electron chi connectivity index (χ3n) is 4.55. The first-order valence-corrected chi connectivity index (χ1v) is 8.85. The van der Waals surface area contributed by atoms with Crippen LogP contribution >= 0.6 is 0 Å². The first-order valence-electron chi connectivity index (χ1n) is 8.85. The van der Waals surface area contributed by atoms with Gasteiger partial charge < -0.3 is 15.4 Å². The Bertz CT molecular complexity index is 997. The maximum absolute atomic E-state index is 12.2. The number of benzene rings is 2. The molecule has 0 saturated heterocycles. The summed E-state index contributed by atoms with van der Waals surface area (Å²) in [5.74, 6) is 0.436. The number of hydrogen-bond acceptors (Lipinski definition) is 4. The molecule has 136 valence electrons. The zero-order valence-corrected chi connectivity index (χ0v) is 14.6. The van der Waals surface area contributed by atoms with Gasteiger partial charge in [0.1, 0.15) is 17.9 Å². The van der Waals surface area contributed by atoms with Gasteiger partial charge in [0.25, 0.3) is 5.91 Å². The predicted octanol–water partition coefficient (Wildman–Crippen LogP) is 2.60. The molecule has 1 aliphatic heterocycles. The van der Waals surface area contributed by atoms with Gasteiger partial charge in [0.05, 0.1) is 19.0 Å². The van der Waals surface area contributed by atoms with Crippen molar-refractivity contribution < 1.29 is 14.3 Å². The summed E-state index contributed by atoms with van der Waals surface area (Å²) in [6.45, 7) is 0.722. The first-order chi connectivity index (χ1) is 13.2. The Kier molecular flexibility index (Phi) is 4.70. The van der Waals surface area contributed by atoms with Gasteiger partial charge in [-0.25, -0.2) is 0 Å². The van der Waals surface area contributed by atoms with Crippen molar-refractivity contribution in [3.63, 3.8) is 0 Å². The second kappa shape index (κ2) is 7.45. The van der Waals surface area contributed by atoms with E-state index in [1.54, 1.807) is 12.3 Å². The quantitative estimate of drug-likeness (QED) is 0.662. The summed E-state index contributed by atoms with van der Waals surface area (Å²) in [7, 11) is 0. The number of carbonyl (C=O) groups excluding carboxylic acids is 2. The molecule has 1 aliphatic rings. The van der Waals surface area contributed by atoms with E-state index < -0.39 is 0 Å². The van der Waals surface area contributed by atoms with Gasteiger partial charge in [-0.2, -0.15) is 0 Å². The summed E-state index contributed by atoms with van der Waals surface area (Å²) in [6.07, 6.45) is 1.93. The molecule has 0 spiro atoms. The third kappa shape index (κ3) is 3.60. The molecule has 2 amide bonds. The molecule has 4 rings (SSSR count). The molecule has 2 aromatic carbocycles. The van der Waals surface area contributed by atoms with Crippen LogP contribution in [0.15, 0.2) is 60.8 Å². The third-order valence-corrected chi connectivity index (χ3v) is 4.55. The van der Waals surface area contributed by atoms with Crippen LogP contribution in [0.4, 0.5) is 0 Å². The highest BCUT2D eigenvalue weighted by Crippen LogP contribution is 2.27. The predicted molar refractivity (Wildman–Crippen MR) is 102 cm³/mol. The van der Waals surface area contributed by atoms with E-state index >= 15 is 0 Å². The lowest BCUT2D eigenvalue weighted by Crippen LogP contribution is -2.31. The van der Waals surface area contributed by atoms with Gasteiger partial charge in [-0.3, -0.25) is 14.6 Å². The topological polar surface area (TPSA) is 80.3 Å². The molecule has 0 fully saturated rings. The molecule has 1 unspecified atom stereocenters. The van der Waals surface area contributed by atoms with Crippen LogP contribution in [0, 0.1) is 0 Å². The molecule has 0 radical (unpaired) electrons. The average Bonchev–Trinajstić information content (AvgIpc) is 3.01. The highest BCUT2D eigenvalue weighted by molar-refractivity contribution is 5.99. The summed E-state index contributed by atoms with van der Waals surface area (Å²) < 4.78 is 5.77. The summed E-state index contributed by atoms with van der Waals surface area (Å²) in [5.41, 5.74) is 2.31. The zero-order chi connectivity index (χ0) is 18.6. The van der Waals surface area contributed by atoms with Gasteiger partial charge in [-0.05, 0) is 23.8 Å². The van der Waals surface area contributed by atoms with Crippen molar-refractivity contribution in [1.82, 2.24) is 15.6 Å². The number of nitrogens with zero attached hydrogens (tertiary/aromatic N) is 1. The molecule has 1 atom stereocenters. The SMILES string of the molecule is O=C(CC1NC(=O)c2ccccc21)NCCOc1cccc2cccnc12. The normalized spacial score (nSPS) is 15.3. The van der Waals surface area contributed by atoms with Gasteiger partial charge in [0, 0.05) is 17.1 Å². The van der Waals surface area contributed by atoms with Gasteiger partial charge >= 0.3 is 0 Å². The molecule has 6 nitrogen and oxygen atoms in total. The fourth-order valence-electron chi connectivity index (χ4n) is 3.28. The maximum Gasteiger partial charge on any atom is 0.252 e. The van der Waals surface area contributed by atoms with E-state index in [9.17, 15) is 9.59 Å². The minimum atomic E-state index is -0.281. The average molecular weight is 361 g/mol. The van der Waals surface area contributed by atoms with E-state index in [1.807, 2.05) is 48.5 Å². The van der Waals surface area contributed by atoms with Crippen LogP contribution in [-0.2, 0) is 4.79 Å². The number of carbonyl (C=O) groups is 2. The number of aromatic nitrogens is 1. The van der Waals surface area contributed by atoms with Crippen molar-refractivity contribution in [2.45, 2.75) is 12.5 Å². The smallest absolute Gasteiger partial charge is 0.252 e. The minimum Gasteiger partial charge on any atom is -0.489 e. The lowest BCUT2D eigenvalue weighted by molar-refractivity contribution is -0.121. The van der Waals surface area contributed by atoms with Gasteiger partial charge in [-0.1, -0.05) is 36.4 Å². The zero-order valence-electron chi connectivity index (χ0n) is 14.6. The largest absolute Gasteiger partial charge is 0.489 e. The Balaban J connectivity index is 1.29. The summed E-state index contributed by atoms with van der Waals surface area (Å²) in [4.78, 5) is 28.5. The van der Waals surface area contributed by atoms with Crippen LogP contribution in [-0.4, -0.2) is 29.9 Å². The second-order valence-corrected chi connectivity index (χ2v) is 6.35. The summed E-state index contributed by atoms with van der Waals surface area (Å²) >= 11 is 0.